The Balaban J connectivity index is 2.88. The van der Waals surface area contributed by atoms with Gasteiger partial charge in [-0.15, -0.1) is 0 Å². The topological polar surface area (TPSA) is 66.0 Å². The summed E-state index contributed by atoms with van der Waals surface area (Å²) in [6.07, 6.45) is -5.46. The summed E-state index contributed by atoms with van der Waals surface area (Å²) in [6, 6.07) is 0. The number of aromatic nitrogens is 3. The van der Waals surface area contributed by atoms with Crippen LogP contribution in [0.2, 0.25) is 0 Å². The molecule has 6 heteroatoms. The molecule has 2 aromatic heterocycles. The maximum absolute atomic E-state index is 13.2. The number of aryl methyl sites for hydroxylation is 3. The summed E-state index contributed by atoms with van der Waals surface area (Å²) < 4.78 is 114. The van der Waals surface area contributed by atoms with E-state index in [9.17, 15) is 14.4 Å². The summed E-state index contributed by atoms with van der Waals surface area (Å²) in [5.41, 5.74) is -5.26. The number of fused-ring (bicyclic) bond motifs is 1. The second kappa shape index (κ2) is 5.71. The molecule has 2 aromatic rings. The third-order valence-corrected chi connectivity index (χ3v) is 2.85. The van der Waals surface area contributed by atoms with Gasteiger partial charge in [-0.05, 0) is 32.1 Å². The van der Waals surface area contributed by atoms with E-state index < -0.39 is 93.2 Å². The molecule has 0 saturated heterocycles. The molecule has 6 nitrogen and oxygen atoms in total. The van der Waals surface area contributed by atoms with Crippen LogP contribution in [-0.2, 0) is 25.3 Å². The van der Waals surface area contributed by atoms with Gasteiger partial charge in [0.15, 0.2) is 0 Å². The lowest BCUT2D eigenvalue weighted by atomic mass is 10.2. The Morgan fingerprint density at radius 3 is 2.90 bits per heavy atom. The monoisotopic (exact) mass is 306 g/mol. The molecule has 114 valence electrons. The number of hydrogen-bond donors (Lipinski definition) is 0. The summed E-state index contributed by atoms with van der Waals surface area (Å²) in [5.74, 6) is -1.73. The second-order valence-corrected chi connectivity index (χ2v) is 4.21. The van der Waals surface area contributed by atoms with Crippen molar-refractivity contribution in [3.05, 3.63) is 32.6 Å². The summed E-state index contributed by atoms with van der Waals surface area (Å²) in [5, 5.41) is -1.02. The van der Waals surface area contributed by atoms with Gasteiger partial charge in [-0.1, -0.05) is 0 Å². The van der Waals surface area contributed by atoms with Gasteiger partial charge in [-0.2, -0.15) is 0 Å². The van der Waals surface area contributed by atoms with Crippen molar-refractivity contribution in [1.82, 2.24) is 13.7 Å². The number of carbonyl (C=O) groups is 1. The van der Waals surface area contributed by atoms with Crippen molar-refractivity contribution in [3.63, 3.8) is 0 Å². The molecule has 0 aliphatic carbocycles. The molecule has 2 heterocycles. The molecular formula is C15H21N3O3. The SMILES string of the molecule is [2H]c1c(C([2H])([2H])[2H])c2c(=O)n(CCCC([2H])([2H])C(=O)C([2H])([2H])[2H])c(=O)n(C([2H])([2H])[2H])c2n1C([2H])([2H])[2H]. The van der Waals surface area contributed by atoms with E-state index in [1.54, 1.807) is 0 Å². The lowest BCUT2D eigenvalue weighted by Crippen LogP contribution is -2.39. The predicted octanol–water partition coefficient (Wildman–Crippen LogP) is 1.11. The van der Waals surface area contributed by atoms with Crippen molar-refractivity contribution in [1.29, 1.82) is 0 Å². The lowest BCUT2D eigenvalue weighted by molar-refractivity contribution is -0.117. The maximum atomic E-state index is 13.2. The van der Waals surface area contributed by atoms with Gasteiger partial charge in [0.2, 0.25) is 0 Å². The number of Topliss-reactive ketones (excluding diaryl/α,β-unsaturated/α-hetero) is 1. The van der Waals surface area contributed by atoms with Crippen LogP contribution in [0, 0.1) is 6.85 Å². The average Bonchev–Trinajstić information content (AvgIpc) is 2.94. The maximum Gasteiger partial charge on any atom is 0.332 e. The molecule has 0 fully saturated rings. The minimum absolute atomic E-state index is 0.00280. The van der Waals surface area contributed by atoms with Crippen molar-refractivity contribution in [2.45, 2.75) is 39.5 Å². The quantitative estimate of drug-likeness (QED) is 0.831. The summed E-state index contributed by atoms with van der Waals surface area (Å²) in [6.45, 7) is -14.1. The van der Waals surface area contributed by atoms with Crippen LogP contribution in [0.4, 0.5) is 0 Å². The zero-order chi connectivity index (χ0) is 28.4. The molecule has 21 heavy (non-hydrogen) atoms. The largest absolute Gasteiger partial charge is 0.336 e. The third-order valence-electron chi connectivity index (χ3n) is 2.85. The number of rotatable bonds is 5. The van der Waals surface area contributed by atoms with Gasteiger partial charge in [0.25, 0.3) is 5.56 Å². The molecule has 0 amide bonds. The van der Waals surface area contributed by atoms with Gasteiger partial charge in [0.1, 0.15) is 11.4 Å². The first kappa shape index (κ1) is 4.97. The standard InChI is InChI=1S/C15H21N3O3/c1-10-9-16(3)13-12(10)14(20)18(15(21)17(13)4)8-6-5-7-11(2)19/h9H,5-8H2,1-4H3/i1D3,2D3,3D3,4D3,7D2,9D. The molecule has 0 saturated carbocycles. The van der Waals surface area contributed by atoms with Gasteiger partial charge in [-0.25, -0.2) is 4.79 Å². The van der Waals surface area contributed by atoms with E-state index in [1.165, 1.54) is 0 Å². The minimum atomic E-state index is -3.45. The summed E-state index contributed by atoms with van der Waals surface area (Å²) >= 11 is 0. The molecule has 0 spiro atoms. The molecule has 2 rings (SSSR count). The zero-order valence-corrected chi connectivity index (χ0v) is 10.7. The lowest BCUT2D eigenvalue weighted by Gasteiger charge is -2.09. The Bertz CT molecular complexity index is 1300. The van der Waals surface area contributed by atoms with Gasteiger partial charge in [-0.3, -0.25) is 13.9 Å². The fraction of sp³-hybridized carbons (Fsp3) is 0.533. The highest BCUT2D eigenvalue weighted by Gasteiger charge is 2.15. The van der Waals surface area contributed by atoms with Gasteiger partial charge in [0, 0.05) is 52.2 Å². The van der Waals surface area contributed by atoms with Crippen LogP contribution in [0.1, 0.15) is 52.2 Å². The van der Waals surface area contributed by atoms with Crippen LogP contribution < -0.4 is 11.2 Å². The van der Waals surface area contributed by atoms with E-state index in [0.717, 1.165) is 0 Å². The van der Waals surface area contributed by atoms with Crippen LogP contribution in [0.5, 0.6) is 0 Å². The normalized spacial score (nSPS) is 24.9. The number of nitrogens with zero attached hydrogens (tertiary/aromatic N) is 3. The molecule has 0 aromatic carbocycles. The van der Waals surface area contributed by atoms with Crippen LogP contribution in [0.25, 0.3) is 11.0 Å². The molecule has 0 bridgehead atoms. The fourth-order valence-electron chi connectivity index (χ4n) is 1.93. The van der Waals surface area contributed by atoms with Gasteiger partial charge >= 0.3 is 5.69 Å². The average molecular weight is 306 g/mol. The van der Waals surface area contributed by atoms with Crippen molar-refractivity contribution >= 4 is 16.8 Å². The van der Waals surface area contributed by atoms with E-state index in [2.05, 4.69) is 0 Å². The van der Waals surface area contributed by atoms with E-state index in [1.807, 2.05) is 0 Å². The molecular weight excluding hydrogens is 270 g/mol. The van der Waals surface area contributed by atoms with Gasteiger partial charge in [0.05, 0.1) is 6.76 Å². The molecule has 0 aliphatic heterocycles. The smallest absolute Gasteiger partial charge is 0.332 e. The Labute approximate surface area is 143 Å². The molecule has 0 unspecified atom stereocenters. The van der Waals surface area contributed by atoms with Crippen LogP contribution in [0.3, 0.4) is 0 Å². The van der Waals surface area contributed by atoms with E-state index in [0.29, 0.717) is 0 Å². The van der Waals surface area contributed by atoms with E-state index >= 15 is 0 Å². The highest BCUT2D eigenvalue weighted by Crippen LogP contribution is 2.13. The molecule has 0 N–H and O–H groups in total. The third kappa shape index (κ3) is 2.70. The van der Waals surface area contributed by atoms with Crippen LogP contribution in [-0.4, -0.2) is 19.5 Å². The first-order chi connectivity index (χ1) is 15.8. The Morgan fingerprint density at radius 2 is 2.24 bits per heavy atom. The number of hydrogen-bond acceptors (Lipinski definition) is 3. The predicted molar refractivity (Wildman–Crippen MR) is 81.7 cm³/mol. The highest BCUT2D eigenvalue weighted by molar-refractivity contribution is 5.79. The summed E-state index contributed by atoms with van der Waals surface area (Å²) in [7, 11) is 0. The Morgan fingerprint density at radius 1 is 1.38 bits per heavy atom. The Kier molecular flexibility index (Phi) is 1.35. The minimum Gasteiger partial charge on any atom is -0.336 e. The van der Waals surface area contributed by atoms with Crippen LogP contribution in [0.15, 0.2) is 15.8 Å². The van der Waals surface area contributed by atoms with Crippen molar-refractivity contribution in [2.75, 3.05) is 0 Å². The highest BCUT2D eigenvalue weighted by atomic mass is 16.2. The van der Waals surface area contributed by atoms with Crippen molar-refractivity contribution in [3.8, 4) is 0 Å². The number of carbonyl (C=O) groups excluding carboxylic acids is 1. The van der Waals surface area contributed by atoms with Crippen molar-refractivity contribution in [2.24, 2.45) is 14.0 Å². The molecule has 0 atom stereocenters. The zero-order valence-electron chi connectivity index (χ0n) is 25.7. The van der Waals surface area contributed by atoms with Gasteiger partial charge < -0.3 is 9.36 Å². The van der Waals surface area contributed by atoms with Crippen LogP contribution >= 0.6 is 0 Å². The fourth-order valence-corrected chi connectivity index (χ4v) is 1.93. The van der Waals surface area contributed by atoms with E-state index in [-0.39, 0.29) is 13.7 Å². The molecule has 0 aliphatic rings. The van der Waals surface area contributed by atoms with E-state index in [4.69, 9.17) is 20.6 Å². The first-order valence-corrected chi connectivity index (χ1v) is 5.82. The first-order valence-electron chi connectivity index (χ1n) is 13.3. The summed E-state index contributed by atoms with van der Waals surface area (Å²) in [4.78, 5) is 38.1. The second-order valence-electron chi connectivity index (χ2n) is 4.21. The Hall–Kier alpha value is -2.11. The number of ketones is 1. The van der Waals surface area contributed by atoms with Crippen molar-refractivity contribution < 1.29 is 25.4 Å². The molecule has 0 radical (unpaired) electrons.